The first kappa shape index (κ1) is 18.1. The molecule has 1 atom stereocenters. The molecule has 2 aromatic rings. The second kappa shape index (κ2) is 8.09. The number of likely N-dealkylation sites (tertiary alicyclic amines) is 1. The molecule has 25 heavy (non-hydrogen) atoms. The van der Waals surface area contributed by atoms with Gasteiger partial charge >= 0.3 is 0 Å². The Balaban J connectivity index is 1.75. The van der Waals surface area contributed by atoms with Crippen molar-refractivity contribution in [1.29, 1.82) is 0 Å². The van der Waals surface area contributed by atoms with E-state index in [-0.39, 0.29) is 11.2 Å². The van der Waals surface area contributed by atoms with Gasteiger partial charge in [0.05, 0.1) is 10.9 Å². The number of benzene rings is 1. The Labute approximate surface area is 154 Å². The highest BCUT2D eigenvalue weighted by Gasteiger charge is 2.24. The maximum absolute atomic E-state index is 12.8. The molecular weight excluding hydrogens is 330 g/mol. The summed E-state index contributed by atoms with van der Waals surface area (Å²) in [6.45, 7) is 8.01. The van der Waals surface area contributed by atoms with Gasteiger partial charge in [0, 0.05) is 25.5 Å². The van der Waals surface area contributed by atoms with Crippen LogP contribution in [0.25, 0.3) is 5.69 Å². The van der Waals surface area contributed by atoms with E-state index < -0.39 is 0 Å². The largest absolute Gasteiger partial charge is 0.342 e. The first-order chi connectivity index (χ1) is 12.1. The predicted octanol–water partition coefficient (Wildman–Crippen LogP) is 4.37. The molecule has 4 nitrogen and oxygen atoms in total. The maximum atomic E-state index is 12.8. The third kappa shape index (κ3) is 4.27. The number of aromatic nitrogens is 2. The lowest BCUT2D eigenvalue weighted by Gasteiger charge is -2.23. The molecule has 3 rings (SSSR count). The van der Waals surface area contributed by atoms with Crippen LogP contribution < -0.4 is 0 Å². The highest BCUT2D eigenvalue weighted by molar-refractivity contribution is 8.00. The molecule has 1 fully saturated rings. The highest BCUT2D eigenvalue weighted by atomic mass is 32.2. The summed E-state index contributed by atoms with van der Waals surface area (Å²) in [7, 11) is 0. The highest BCUT2D eigenvalue weighted by Crippen LogP contribution is 2.27. The molecule has 0 radical (unpaired) electrons. The number of imidazole rings is 1. The molecule has 0 N–H and O–H groups in total. The minimum atomic E-state index is -0.120. The summed E-state index contributed by atoms with van der Waals surface area (Å²) in [6, 6.07) is 6.41. The van der Waals surface area contributed by atoms with Crippen LogP contribution in [-0.4, -0.2) is 38.7 Å². The van der Waals surface area contributed by atoms with Crippen molar-refractivity contribution >= 4 is 17.7 Å². The minimum Gasteiger partial charge on any atom is -0.342 e. The molecule has 1 aliphatic rings. The number of amides is 1. The van der Waals surface area contributed by atoms with Crippen LogP contribution in [0.2, 0.25) is 0 Å². The molecule has 1 aromatic heterocycles. The average molecular weight is 358 g/mol. The molecular formula is C20H27N3OS. The summed E-state index contributed by atoms with van der Waals surface area (Å²) in [4.78, 5) is 19.3. The number of carbonyl (C=O) groups is 1. The van der Waals surface area contributed by atoms with Crippen molar-refractivity contribution in [2.24, 2.45) is 0 Å². The van der Waals surface area contributed by atoms with Gasteiger partial charge in [-0.25, -0.2) is 4.98 Å². The van der Waals surface area contributed by atoms with Gasteiger partial charge in [-0.1, -0.05) is 42.3 Å². The molecule has 0 saturated carbocycles. The Morgan fingerprint density at radius 2 is 1.88 bits per heavy atom. The number of thioether (sulfide) groups is 1. The Kier molecular flexibility index (Phi) is 5.84. The third-order valence-electron chi connectivity index (χ3n) is 4.77. The van der Waals surface area contributed by atoms with Crippen LogP contribution in [0.5, 0.6) is 0 Å². The summed E-state index contributed by atoms with van der Waals surface area (Å²) in [5.41, 5.74) is 3.59. The fraction of sp³-hybridized carbons (Fsp3) is 0.500. The molecule has 0 bridgehead atoms. The van der Waals surface area contributed by atoms with Gasteiger partial charge in [-0.15, -0.1) is 0 Å². The van der Waals surface area contributed by atoms with Gasteiger partial charge < -0.3 is 4.90 Å². The number of carbonyl (C=O) groups excluding carboxylic acids is 1. The molecule has 1 amide bonds. The quantitative estimate of drug-likeness (QED) is 0.763. The zero-order chi connectivity index (χ0) is 17.8. The zero-order valence-corrected chi connectivity index (χ0v) is 16.2. The standard InChI is InChI=1S/C20H27N3OS/c1-15-8-9-18(16(2)14-15)23-13-10-21-20(23)25-17(3)19(24)22-11-6-4-5-7-12-22/h8-10,13-14,17H,4-7,11-12H2,1-3H3. The van der Waals surface area contributed by atoms with Crippen molar-refractivity contribution in [3.05, 3.63) is 41.7 Å². The number of hydrogen-bond donors (Lipinski definition) is 0. The second-order valence-electron chi connectivity index (χ2n) is 6.87. The second-order valence-corrected chi connectivity index (χ2v) is 8.18. The van der Waals surface area contributed by atoms with Crippen LogP contribution in [0.15, 0.2) is 35.7 Å². The molecule has 2 heterocycles. The predicted molar refractivity (Wildman–Crippen MR) is 103 cm³/mol. The van der Waals surface area contributed by atoms with E-state index >= 15 is 0 Å². The summed E-state index contributed by atoms with van der Waals surface area (Å²) >= 11 is 1.55. The van der Waals surface area contributed by atoms with Crippen molar-refractivity contribution in [1.82, 2.24) is 14.5 Å². The van der Waals surface area contributed by atoms with Gasteiger partial charge in [0.2, 0.25) is 5.91 Å². The summed E-state index contributed by atoms with van der Waals surface area (Å²) < 4.78 is 2.09. The summed E-state index contributed by atoms with van der Waals surface area (Å²) in [5, 5.41) is 0.757. The van der Waals surface area contributed by atoms with Gasteiger partial charge in [0.25, 0.3) is 0 Å². The fourth-order valence-electron chi connectivity index (χ4n) is 3.39. The molecule has 0 spiro atoms. The van der Waals surface area contributed by atoms with Crippen LogP contribution in [0.3, 0.4) is 0 Å². The first-order valence-electron chi connectivity index (χ1n) is 9.12. The molecule has 134 valence electrons. The molecule has 1 aromatic carbocycles. The summed E-state index contributed by atoms with van der Waals surface area (Å²) in [6.07, 6.45) is 8.51. The van der Waals surface area contributed by atoms with Crippen LogP contribution >= 0.6 is 11.8 Å². The van der Waals surface area contributed by atoms with Crippen LogP contribution in [-0.2, 0) is 4.79 Å². The van der Waals surface area contributed by atoms with E-state index in [1.54, 1.807) is 11.8 Å². The van der Waals surface area contributed by atoms with E-state index in [2.05, 4.69) is 41.6 Å². The fourth-order valence-corrected chi connectivity index (χ4v) is 4.35. The number of nitrogens with zero attached hydrogens (tertiary/aromatic N) is 3. The SMILES string of the molecule is Cc1ccc(-n2ccnc2SC(C)C(=O)N2CCCCCC2)c(C)c1. The molecule has 5 heteroatoms. The topological polar surface area (TPSA) is 38.1 Å². The first-order valence-corrected chi connectivity index (χ1v) is 10.0. The van der Waals surface area contributed by atoms with E-state index in [0.717, 1.165) is 36.8 Å². The Morgan fingerprint density at radius 3 is 2.56 bits per heavy atom. The Hall–Kier alpha value is -1.75. The van der Waals surface area contributed by atoms with E-state index in [0.29, 0.717) is 0 Å². The van der Waals surface area contributed by atoms with Gasteiger partial charge in [-0.3, -0.25) is 9.36 Å². The van der Waals surface area contributed by atoms with Crippen LogP contribution in [0.4, 0.5) is 0 Å². The molecule has 1 saturated heterocycles. The summed E-state index contributed by atoms with van der Waals surface area (Å²) in [5.74, 6) is 0.238. The van der Waals surface area contributed by atoms with Crippen molar-refractivity contribution in [2.45, 2.75) is 56.9 Å². The average Bonchev–Trinajstić information content (AvgIpc) is 2.86. The number of aryl methyl sites for hydroxylation is 2. The normalized spacial score (nSPS) is 16.5. The van der Waals surface area contributed by atoms with E-state index in [1.165, 1.54) is 24.0 Å². The lowest BCUT2D eigenvalue weighted by molar-refractivity contribution is -0.130. The van der Waals surface area contributed by atoms with E-state index in [4.69, 9.17) is 0 Å². The third-order valence-corrected chi connectivity index (χ3v) is 5.83. The Bertz CT molecular complexity index is 732. The van der Waals surface area contributed by atoms with Gasteiger partial charge in [-0.2, -0.15) is 0 Å². The van der Waals surface area contributed by atoms with Gasteiger partial charge in [0.1, 0.15) is 0 Å². The zero-order valence-electron chi connectivity index (χ0n) is 15.4. The smallest absolute Gasteiger partial charge is 0.235 e. The monoisotopic (exact) mass is 357 g/mol. The molecule has 0 aliphatic carbocycles. The van der Waals surface area contributed by atoms with E-state index in [1.807, 2.05) is 24.2 Å². The molecule has 1 unspecified atom stereocenters. The minimum absolute atomic E-state index is 0.120. The number of rotatable bonds is 4. The lowest BCUT2D eigenvalue weighted by atomic mass is 10.1. The molecule has 1 aliphatic heterocycles. The van der Waals surface area contributed by atoms with Gasteiger partial charge in [0.15, 0.2) is 5.16 Å². The lowest BCUT2D eigenvalue weighted by Crippen LogP contribution is -2.37. The van der Waals surface area contributed by atoms with Gasteiger partial charge in [-0.05, 0) is 45.2 Å². The van der Waals surface area contributed by atoms with Crippen LogP contribution in [0.1, 0.15) is 43.7 Å². The van der Waals surface area contributed by atoms with Crippen LogP contribution in [0, 0.1) is 13.8 Å². The van der Waals surface area contributed by atoms with E-state index in [9.17, 15) is 4.79 Å². The number of hydrogen-bond acceptors (Lipinski definition) is 3. The maximum Gasteiger partial charge on any atom is 0.235 e. The van der Waals surface area contributed by atoms with Crippen molar-refractivity contribution in [3.63, 3.8) is 0 Å². The Morgan fingerprint density at radius 1 is 1.16 bits per heavy atom. The van der Waals surface area contributed by atoms with Crippen molar-refractivity contribution < 1.29 is 4.79 Å². The van der Waals surface area contributed by atoms with Crippen molar-refractivity contribution in [3.8, 4) is 5.69 Å². The van der Waals surface area contributed by atoms with Crippen molar-refractivity contribution in [2.75, 3.05) is 13.1 Å².